The smallest absolute Gasteiger partial charge is 0.251 e. The van der Waals surface area contributed by atoms with E-state index in [-0.39, 0.29) is 12.5 Å². The lowest BCUT2D eigenvalue weighted by Gasteiger charge is -2.35. The van der Waals surface area contributed by atoms with E-state index in [1.165, 1.54) is 5.56 Å². The van der Waals surface area contributed by atoms with Crippen molar-refractivity contribution in [3.8, 4) is 5.75 Å². The third-order valence-electron chi connectivity index (χ3n) is 6.67. The summed E-state index contributed by atoms with van der Waals surface area (Å²) < 4.78 is 5.92. The number of carbonyl (C=O) groups is 2. The molecular formula is C27H31N3O4. The highest BCUT2D eigenvalue weighted by Gasteiger charge is 2.39. The lowest BCUT2D eigenvalue weighted by Crippen LogP contribution is -2.48. The summed E-state index contributed by atoms with van der Waals surface area (Å²) in [5.74, 6) is 0.0180. The molecule has 178 valence electrons. The van der Waals surface area contributed by atoms with Crippen LogP contribution in [0.1, 0.15) is 53.7 Å². The maximum atomic E-state index is 12.7. The van der Waals surface area contributed by atoms with Gasteiger partial charge in [0.15, 0.2) is 0 Å². The second kappa shape index (κ2) is 10.7. The molecule has 2 amide bonds. The number of ether oxygens (including phenoxy) is 1. The summed E-state index contributed by atoms with van der Waals surface area (Å²) in [5.41, 5.74) is 4.69. The summed E-state index contributed by atoms with van der Waals surface area (Å²) in [5, 5.41) is 13.2. The lowest BCUT2D eigenvalue weighted by molar-refractivity contribution is -0.141. The van der Waals surface area contributed by atoms with E-state index >= 15 is 0 Å². The van der Waals surface area contributed by atoms with Gasteiger partial charge in [0.1, 0.15) is 5.75 Å². The molecule has 4 rings (SSSR count). The van der Waals surface area contributed by atoms with E-state index in [4.69, 9.17) is 9.94 Å². The lowest BCUT2D eigenvalue weighted by atomic mass is 9.73. The summed E-state index contributed by atoms with van der Waals surface area (Å²) in [7, 11) is 0. The molecule has 0 radical (unpaired) electrons. The monoisotopic (exact) mass is 461 g/mol. The normalized spacial score (nSPS) is 15.0. The van der Waals surface area contributed by atoms with Crippen molar-refractivity contribution in [3.05, 3.63) is 71.4 Å². The zero-order chi connectivity index (χ0) is 24.0. The molecule has 7 nitrogen and oxygen atoms in total. The van der Waals surface area contributed by atoms with Gasteiger partial charge in [0.2, 0.25) is 0 Å². The predicted molar refractivity (Wildman–Crippen MR) is 130 cm³/mol. The van der Waals surface area contributed by atoms with Gasteiger partial charge in [0.25, 0.3) is 11.8 Å². The van der Waals surface area contributed by atoms with Gasteiger partial charge in [-0.3, -0.25) is 19.8 Å². The predicted octanol–water partition coefficient (Wildman–Crippen LogP) is 4.35. The number of aryl methyl sites for hydroxylation is 1. The number of nitrogens with one attached hydrogen (secondary N) is 2. The molecule has 1 heterocycles. The first-order chi connectivity index (χ1) is 16.5. The number of aromatic nitrogens is 1. The molecule has 1 saturated carbocycles. The Labute approximate surface area is 199 Å². The molecule has 1 aromatic heterocycles. The van der Waals surface area contributed by atoms with Crippen LogP contribution in [-0.4, -0.2) is 35.2 Å². The van der Waals surface area contributed by atoms with Crippen LogP contribution in [0.5, 0.6) is 5.75 Å². The molecule has 0 aliphatic heterocycles. The summed E-state index contributed by atoms with van der Waals surface area (Å²) in [4.78, 5) is 29.5. The fourth-order valence-corrected chi connectivity index (χ4v) is 4.77. The van der Waals surface area contributed by atoms with E-state index in [0.717, 1.165) is 42.3 Å². The Hall–Kier alpha value is -3.45. The van der Waals surface area contributed by atoms with E-state index < -0.39 is 11.3 Å². The van der Waals surface area contributed by atoms with E-state index in [1.807, 2.05) is 25.1 Å². The minimum atomic E-state index is -0.749. The largest absolute Gasteiger partial charge is 0.493 e. The highest BCUT2D eigenvalue weighted by molar-refractivity contribution is 5.94. The Morgan fingerprint density at radius 1 is 1.06 bits per heavy atom. The summed E-state index contributed by atoms with van der Waals surface area (Å²) in [6.07, 6.45) is 4.93. The van der Waals surface area contributed by atoms with E-state index in [1.54, 1.807) is 29.7 Å². The number of rotatable bonds is 8. The third-order valence-corrected chi connectivity index (χ3v) is 6.67. The molecule has 0 unspecified atom stereocenters. The van der Waals surface area contributed by atoms with Crippen molar-refractivity contribution < 1.29 is 19.5 Å². The Kier molecular flexibility index (Phi) is 7.43. The number of para-hydroxylation sites is 1. The molecule has 2 aromatic carbocycles. The number of hydrogen-bond donors (Lipinski definition) is 3. The number of benzene rings is 2. The van der Waals surface area contributed by atoms with Gasteiger partial charge < -0.3 is 10.1 Å². The Balaban J connectivity index is 1.32. The van der Waals surface area contributed by atoms with Crippen LogP contribution in [0, 0.1) is 12.3 Å². The number of pyridine rings is 1. The Morgan fingerprint density at radius 3 is 2.53 bits per heavy atom. The fraction of sp³-hybridized carbons (Fsp3) is 0.370. The van der Waals surface area contributed by atoms with Gasteiger partial charge in [0.05, 0.1) is 17.5 Å². The second-order valence-electron chi connectivity index (χ2n) is 9.03. The van der Waals surface area contributed by atoms with Crippen molar-refractivity contribution >= 4 is 22.7 Å². The molecule has 0 spiro atoms. The van der Waals surface area contributed by atoms with Gasteiger partial charge in [-0.1, -0.05) is 37.5 Å². The first kappa shape index (κ1) is 23.7. The number of hydroxylamine groups is 1. The van der Waals surface area contributed by atoms with E-state index in [2.05, 4.69) is 22.4 Å². The van der Waals surface area contributed by atoms with Crippen molar-refractivity contribution in [2.45, 2.75) is 45.4 Å². The zero-order valence-corrected chi connectivity index (χ0v) is 19.5. The zero-order valence-electron chi connectivity index (χ0n) is 19.5. The van der Waals surface area contributed by atoms with Crippen molar-refractivity contribution in [1.82, 2.24) is 15.8 Å². The molecular weight excluding hydrogens is 430 g/mol. The van der Waals surface area contributed by atoms with Crippen LogP contribution in [-0.2, 0) is 11.2 Å². The number of amides is 2. The molecule has 3 aromatic rings. The van der Waals surface area contributed by atoms with E-state index in [9.17, 15) is 9.59 Å². The van der Waals surface area contributed by atoms with Crippen LogP contribution in [0.3, 0.4) is 0 Å². The van der Waals surface area contributed by atoms with Gasteiger partial charge >= 0.3 is 0 Å². The summed E-state index contributed by atoms with van der Waals surface area (Å²) in [6, 6.07) is 17.2. The molecule has 7 heteroatoms. The molecule has 3 N–H and O–H groups in total. The molecule has 1 aliphatic carbocycles. The average Bonchev–Trinajstić information content (AvgIpc) is 2.87. The van der Waals surface area contributed by atoms with Gasteiger partial charge in [-0.25, -0.2) is 5.48 Å². The SMILES string of the molecule is Cc1cc(CCOc2ccc(C(=O)NCC3(C(=O)NO)CCCCC3)cc2)c2ccccc2n1. The third kappa shape index (κ3) is 5.37. The molecule has 1 fully saturated rings. The molecule has 34 heavy (non-hydrogen) atoms. The van der Waals surface area contributed by atoms with Gasteiger partial charge in [-0.05, 0) is 61.7 Å². The maximum Gasteiger partial charge on any atom is 0.251 e. The van der Waals surface area contributed by atoms with Crippen LogP contribution in [0.15, 0.2) is 54.6 Å². The highest BCUT2D eigenvalue weighted by Crippen LogP contribution is 2.36. The Morgan fingerprint density at radius 2 is 1.79 bits per heavy atom. The van der Waals surface area contributed by atoms with Crippen LogP contribution in [0.2, 0.25) is 0 Å². The van der Waals surface area contributed by atoms with Gasteiger partial charge in [-0.15, -0.1) is 0 Å². The minimum absolute atomic E-state index is 0.204. The molecule has 0 saturated heterocycles. The van der Waals surface area contributed by atoms with Gasteiger partial charge in [-0.2, -0.15) is 0 Å². The van der Waals surface area contributed by atoms with Crippen molar-refractivity contribution in [1.29, 1.82) is 0 Å². The fourth-order valence-electron chi connectivity index (χ4n) is 4.77. The molecule has 1 aliphatic rings. The standard InChI is InChI=1S/C27H31N3O4/c1-19-17-21(23-7-3-4-8-24(23)29-19)13-16-34-22-11-9-20(10-12-22)25(31)28-18-27(26(32)30-33)14-5-2-6-15-27/h3-4,7-12,17,33H,2,5-6,13-16,18H2,1H3,(H,28,31)(H,30,32). The molecule has 0 atom stereocenters. The summed E-state index contributed by atoms with van der Waals surface area (Å²) >= 11 is 0. The second-order valence-corrected chi connectivity index (χ2v) is 9.03. The Bertz CT molecular complexity index is 1150. The van der Waals surface area contributed by atoms with Crippen LogP contribution >= 0.6 is 0 Å². The minimum Gasteiger partial charge on any atom is -0.493 e. The van der Waals surface area contributed by atoms with Crippen LogP contribution in [0.25, 0.3) is 10.9 Å². The number of carbonyl (C=O) groups excluding carboxylic acids is 2. The first-order valence-electron chi connectivity index (χ1n) is 11.8. The van der Waals surface area contributed by atoms with Crippen molar-refractivity contribution in [3.63, 3.8) is 0 Å². The number of hydrogen-bond acceptors (Lipinski definition) is 5. The quantitative estimate of drug-likeness (QED) is 0.342. The molecule has 0 bridgehead atoms. The number of nitrogens with zero attached hydrogens (tertiary/aromatic N) is 1. The highest BCUT2D eigenvalue weighted by atomic mass is 16.5. The van der Waals surface area contributed by atoms with Crippen molar-refractivity contribution in [2.24, 2.45) is 5.41 Å². The van der Waals surface area contributed by atoms with Crippen LogP contribution < -0.4 is 15.5 Å². The number of fused-ring (bicyclic) bond motifs is 1. The van der Waals surface area contributed by atoms with E-state index in [0.29, 0.717) is 30.8 Å². The van der Waals surface area contributed by atoms with Crippen molar-refractivity contribution in [2.75, 3.05) is 13.2 Å². The average molecular weight is 462 g/mol. The summed E-state index contributed by atoms with van der Waals surface area (Å²) in [6.45, 7) is 2.71. The topological polar surface area (TPSA) is 101 Å². The first-order valence-corrected chi connectivity index (χ1v) is 11.8. The van der Waals surface area contributed by atoms with Gasteiger partial charge in [0, 0.05) is 29.6 Å². The maximum absolute atomic E-state index is 12.7. The van der Waals surface area contributed by atoms with Crippen LogP contribution in [0.4, 0.5) is 0 Å².